The molecule has 232 valence electrons. The predicted octanol–water partition coefficient (Wildman–Crippen LogP) is 4.06. The van der Waals surface area contributed by atoms with E-state index in [1.165, 1.54) is 16.2 Å². The second-order valence-corrected chi connectivity index (χ2v) is 12.2. The van der Waals surface area contributed by atoms with Gasteiger partial charge in [0.1, 0.15) is 29.3 Å². The van der Waals surface area contributed by atoms with Crippen LogP contribution in [0.5, 0.6) is 5.88 Å². The molecular weight excluding hydrogens is 596 g/mol. The minimum absolute atomic E-state index is 0.0329. The van der Waals surface area contributed by atoms with Gasteiger partial charge < -0.3 is 33.9 Å². The number of carboxylic acids is 1. The summed E-state index contributed by atoms with van der Waals surface area (Å²) in [4.78, 5) is 29.6. The third-order valence-electron chi connectivity index (χ3n) is 8.68. The highest BCUT2D eigenvalue weighted by molar-refractivity contribution is 7.13. The molecule has 11 nitrogen and oxygen atoms in total. The molecule has 7 rings (SSSR count). The summed E-state index contributed by atoms with van der Waals surface area (Å²) in [7, 11) is 0. The Balaban J connectivity index is 1.21. The summed E-state index contributed by atoms with van der Waals surface area (Å²) >= 11 is 1.35. The Morgan fingerprint density at radius 3 is 2.77 bits per heavy atom. The number of thiophene rings is 1. The van der Waals surface area contributed by atoms with E-state index >= 15 is 0 Å². The van der Waals surface area contributed by atoms with Crippen LogP contribution in [0.25, 0.3) is 16.1 Å². The molecule has 3 aromatic heterocycles. The number of ether oxygens (including phenoxy) is 4. The number of alkyl halides is 2. The quantitative estimate of drug-likeness (QED) is 0.390. The smallest absolute Gasteiger partial charge is 0.326 e. The monoisotopic (exact) mass is 627 g/mol. The van der Waals surface area contributed by atoms with Crippen LogP contribution in [-0.4, -0.2) is 95.9 Å². The number of nitrogens with zero attached hydrogens (tertiary/aromatic N) is 5. The molecular formula is C30H31F2N5O6S. The molecule has 4 aliphatic heterocycles. The minimum atomic E-state index is -2.92. The summed E-state index contributed by atoms with van der Waals surface area (Å²) in [6, 6.07) is 6.08. The lowest BCUT2D eigenvalue weighted by atomic mass is 9.90. The van der Waals surface area contributed by atoms with Crippen LogP contribution >= 0.6 is 11.3 Å². The number of aliphatic carboxylic acids is 1. The van der Waals surface area contributed by atoms with Gasteiger partial charge >= 0.3 is 5.97 Å². The number of aromatic nitrogens is 3. The average molecular weight is 628 g/mol. The molecule has 7 heterocycles. The van der Waals surface area contributed by atoms with E-state index in [0.717, 1.165) is 16.8 Å². The lowest BCUT2D eigenvalue weighted by molar-refractivity contribution is -0.228. The molecule has 1 N–H and O–H groups in total. The summed E-state index contributed by atoms with van der Waals surface area (Å²) in [5, 5.41) is 12.0. The zero-order chi connectivity index (χ0) is 30.4. The third kappa shape index (κ3) is 5.29. The van der Waals surface area contributed by atoms with Crippen molar-refractivity contribution < 1.29 is 37.6 Å². The maximum absolute atomic E-state index is 13.8. The van der Waals surface area contributed by atoms with Crippen LogP contribution < -0.4 is 14.5 Å². The molecule has 0 bridgehead atoms. The molecule has 0 amide bonds. The number of hydrogen-bond acceptors (Lipinski definition) is 11. The molecule has 0 radical (unpaired) electrons. The summed E-state index contributed by atoms with van der Waals surface area (Å²) in [5.74, 6) is -1.28. The molecule has 14 heteroatoms. The number of pyridine rings is 1. The Hall–Kier alpha value is -3.72. The molecule has 4 aliphatic rings. The van der Waals surface area contributed by atoms with E-state index in [2.05, 4.69) is 21.8 Å². The van der Waals surface area contributed by atoms with E-state index in [9.17, 15) is 18.7 Å². The second-order valence-electron chi connectivity index (χ2n) is 11.3. The van der Waals surface area contributed by atoms with Crippen molar-refractivity contribution in [3.63, 3.8) is 0 Å². The van der Waals surface area contributed by atoms with Crippen LogP contribution in [0.3, 0.4) is 0 Å². The summed E-state index contributed by atoms with van der Waals surface area (Å²) in [5.41, 5.74) is 2.61. The van der Waals surface area contributed by atoms with E-state index in [4.69, 9.17) is 23.9 Å². The van der Waals surface area contributed by atoms with Crippen LogP contribution in [0.4, 0.5) is 20.3 Å². The molecule has 3 fully saturated rings. The normalized spacial score (nSPS) is 24.5. The number of carboxylic acid groups (broad SMARTS) is 1. The molecule has 0 aliphatic carbocycles. The molecule has 3 saturated heterocycles. The first-order chi connectivity index (χ1) is 21.3. The maximum atomic E-state index is 13.8. The number of rotatable bonds is 8. The van der Waals surface area contributed by atoms with Crippen LogP contribution in [0.1, 0.15) is 31.2 Å². The minimum Gasteiger partial charge on any atom is -0.480 e. The molecule has 0 saturated carbocycles. The van der Waals surface area contributed by atoms with E-state index in [0.29, 0.717) is 56.0 Å². The van der Waals surface area contributed by atoms with E-state index in [1.54, 1.807) is 24.4 Å². The van der Waals surface area contributed by atoms with Gasteiger partial charge in [0.25, 0.3) is 6.43 Å². The maximum Gasteiger partial charge on any atom is 0.326 e. The average Bonchev–Trinajstić information content (AvgIpc) is 3.79. The largest absolute Gasteiger partial charge is 0.480 e. The summed E-state index contributed by atoms with van der Waals surface area (Å²) in [6.45, 7) is 5.34. The van der Waals surface area contributed by atoms with Crippen molar-refractivity contribution in [2.45, 2.75) is 43.6 Å². The molecule has 44 heavy (non-hydrogen) atoms. The van der Waals surface area contributed by atoms with E-state index in [1.807, 2.05) is 17.5 Å². The van der Waals surface area contributed by atoms with Gasteiger partial charge in [0.2, 0.25) is 5.88 Å². The van der Waals surface area contributed by atoms with Gasteiger partial charge in [-0.2, -0.15) is 0 Å². The lowest BCUT2D eigenvalue weighted by Gasteiger charge is -2.53. The van der Waals surface area contributed by atoms with E-state index < -0.39 is 36.0 Å². The highest BCUT2D eigenvalue weighted by atomic mass is 32.1. The zero-order valence-corrected chi connectivity index (χ0v) is 24.7. The Morgan fingerprint density at radius 1 is 1.23 bits per heavy atom. The first-order valence-electron chi connectivity index (χ1n) is 14.4. The number of morpholine rings is 1. The SMILES string of the molecule is C[C@@H]1N(c2cc(C3=CCOC3)cnc2O[C@H]2C[C@@H](C(=O)O)N(c3cc(-c4cccs4)nc(C(F)F)n3)C2)CCOC12COC2. The standard InChI is InChI=1S/C30H31F2N5O6S/c1-17-30(15-41-16-30)42-7-5-36(17)22-9-19(18-4-6-40-14-18)12-33-28(22)43-20-10-23(29(38)39)37(13-20)25-11-21(24-3-2-8-44-24)34-27(35-25)26(31)32/h2-4,8-9,11-12,17,20,23,26H,5-7,10,13-16H2,1H3,(H,38,39)/t17-,20-,23-/m0/s1. The molecule has 1 spiro atoms. The number of hydrogen-bond donors (Lipinski definition) is 1. The van der Waals surface area contributed by atoms with Gasteiger partial charge in [-0.1, -0.05) is 12.1 Å². The fourth-order valence-corrected chi connectivity index (χ4v) is 6.87. The third-order valence-corrected chi connectivity index (χ3v) is 9.57. The molecule has 3 aromatic rings. The van der Waals surface area contributed by atoms with Gasteiger partial charge in [0.05, 0.1) is 56.2 Å². The molecule has 0 aromatic carbocycles. The van der Waals surface area contributed by atoms with Gasteiger partial charge in [-0.3, -0.25) is 0 Å². The predicted molar refractivity (Wildman–Crippen MR) is 157 cm³/mol. The van der Waals surface area contributed by atoms with Crippen LogP contribution in [0.15, 0.2) is 41.9 Å². The van der Waals surface area contributed by atoms with Gasteiger partial charge in [-0.25, -0.2) is 28.5 Å². The van der Waals surface area contributed by atoms with Crippen molar-refractivity contribution in [2.75, 3.05) is 55.9 Å². The van der Waals surface area contributed by atoms with Gasteiger partial charge in [-0.15, -0.1) is 11.3 Å². The van der Waals surface area contributed by atoms with Gasteiger partial charge in [0, 0.05) is 30.8 Å². The van der Waals surface area contributed by atoms with Gasteiger partial charge in [0.15, 0.2) is 5.82 Å². The summed E-state index contributed by atoms with van der Waals surface area (Å²) < 4.78 is 51.3. The number of halogens is 2. The molecule has 3 atom stereocenters. The van der Waals surface area contributed by atoms with Crippen molar-refractivity contribution in [3.05, 3.63) is 53.3 Å². The topological polar surface area (TPSA) is 119 Å². The first-order valence-corrected chi connectivity index (χ1v) is 15.3. The van der Waals surface area contributed by atoms with Gasteiger partial charge in [-0.05, 0) is 30.0 Å². The van der Waals surface area contributed by atoms with Crippen LogP contribution in [0, 0.1) is 0 Å². The van der Waals surface area contributed by atoms with Crippen molar-refractivity contribution in [2.24, 2.45) is 0 Å². The molecule has 0 unspecified atom stereocenters. The Labute approximate surface area is 256 Å². The Kier molecular flexibility index (Phi) is 7.69. The van der Waals surface area contributed by atoms with E-state index in [-0.39, 0.29) is 24.8 Å². The van der Waals surface area contributed by atoms with Crippen molar-refractivity contribution in [3.8, 4) is 16.5 Å². The number of anilines is 2. The lowest BCUT2D eigenvalue weighted by Crippen LogP contribution is -2.68. The zero-order valence-electron chi connectivity index (χ0n) is 23.9. The highest BCUT2D eigenvalue weighted by Crippen LogP contribution is 2.40. The Morgan fingerprint density at radius 2 is 2.09 bits per heavy atom. The fourth-order valence-electron chi connectivity index (χ4n) is 6.18. The summed E-state index contributed by atoms with van der Waals surface area (Å²) in [6.07, 6.45) is 0.348. The van der Waals surface area contributed by atoms with Crippen LogP contribution in [0.2, 0.25) is 0 Å². The van der Waals surface area contributed by atoms with Crippen molar-refractivity contribution in [1.82, 2.24) is 15.0 Å². The second kappa shape index (κ2) is 11.7. The first kappa shape index (κ1) is 29.0. The van der Waals surface area contributed by atoms with Crippen molar-refractivity contribution in [1.29, 1.82) is 0 Å². The number of carbonyl (C=O) groups is 1. The fraction of sp³-hybridized carbons (Fsp3) is 0.467. The van der Waals surface area contributed by atoms with Crippen molar-refractivity contribution >= 4 is 34.4 Å². The highest BCUT2D eigenvalue weighted by Gasteiger charge is 2.50. The van der Waals surface area contributed by atoms with Crippen LogP contribution in [-0.2, 0) is 19.0 Å². The Bertz CT molecular complexity index is 1570.